The summed E-state index contributed by atoms with van der Waals surface area (Å²) in [7, 11) is -3.95. The molecule has 0 bridgehead atoms. The van der Waals surface area contributed by atoms with Gasteiger partial charge in [0.15, 0.2) is 17.5 Å². The molecular weight excluding hydrogens is 402 g/mol. The molecule has 0 saturated carbocycles. The van der Waals surface area contributed by atoms with Gasteiger partial charge >= 0.3 is 0 Å². The van der Waals surface area contributed by atoms with E-state index in [4.69, 9.17) is 0 Å². The molecule has 3 rings (SSSR count). The third kappa shape index (κ3) is 4.57. The Bertz CT molecular complexity index is 1130. The number of hydrogen-bond acceptors (Lipinski definition) is 6. The summed E-state index contributed by atoms with van der Waals surface area (Å²) in [5.41, 5.74) is 2.98. The van der Waals surface area contributed by atoms with Crippen LogP contribution in [0.25, 0.3) is 5.82 Å². The lowest BCUT2D eigenvalue weighted by Gasteiger charge is -2.09. The highest BCUT2D eigenvalue weighted by molar-refractivity contribution is 7.89. The second-order valence-electron chi connectivity index (χ2n) is 6.38. The molecule has 0 unspecified atom stereocenters. The van der Waals surface area contributed by atoms with E-state index in [1.54, 1.807) is 16.8 Å². The molecule has 29 heavy (non-hydrogen) atoms. The maximum atomic E-state index is 13.2. The molecule has 3 aromatic rings. The van der Waals surface area contributed by atoms with E-state index >= 15 is 0 Å². The predicted molar refractivity (Wildman–Crippen MR) is 103 cm³/mol. The van der Waals surface area contributed by atoms with E-state index in [9.17, 15) is 17.2 Å². The average Bonchev–Trinajstić information content (AvgIpc) is 2.95. The molecule has 0 aliphatic rings. The number of sulfonamides is 1. The van der Waals surface area contributed by atoms with Crippen molar-refractivity contribution in [1.82, 2.24) is 24.7 Å². The van der Waals surface area contributed by atoms with Crippen LogP contribution in [0.4, 0.5) is 14.6 Å². The normalized spacial score (nSPS) is 11.6. The first-order chi connectivity index (χ1) is 13.7. The summed E-state index contributed by atoms with van der Waals surface area (Å²) in [5.74, 6) is -1.30. The van der Waals surface area contributed by atoms with Gasteiger partial charge in [-0.3, -0.25) is 0 Å². The van der Waals surface area contributed by atoms with E-state index in [0.717, 1.165) is 29.1 Å². The fourth-order valence-electron chi connectivity index (χ4n) is 2.58. The van der Waals surface area contributed by atoms with Gasteiger partial charge in [0.2, 0.25) is 10.0 Å². The third-order valence-electron chi connectivity index (χ3n) is 4.45. The van der Waals surface area contributed by atoms with E-state index in [2.05, 4.69) is 25.3 Å². The van der Waals surface area contributed by atoms with Crippen LogP contribution in [0.15, 0.2) is 35.2 Å². The van der Waals surface area contributed by atoms with Gasteiger partial charge in [0.25, 0.3) is 0 Å². The van der Waals surface area contributed by atoms with Crippen LogP contribution in [0.3, 0.4) is 0 Å². The first-order valence-corrected chi connectivity index (χ1v) is 10.2. The first kappa shape index (κ1) is 20.8. The maximum Gasteiger partial charge on any atom is 0.240 e. The zero-order valence-corrected chi connectivity index (χ0v) is 16.9. The molecule has 2 heterocycles. The molecule has 0 amide bonds. The van der Waals surface area contributed by atoms with Crippen molar-refractivity contribution in [3.05, 3.63) is 58.9 Å². The van der Waals surface area contributed by atoms with Crippen molar-refractivity contribution in [3.8, 4) is 5.82 Å². The van der Waals surface area contributed by atoms with Crippen molar-refractivity contribution in [2.45, 2.75) is 25.7 Å². The van der Waals surface area contributed by atoms with Crippen molar-refractivity contribution >= 4 is 15.8 Å². The molecule has 2 aromatic heterocycles. The minimum absolute atomic E-state index is 0.0153. The number of halogens is 2. The van der Waals surface area contributed by atoms with Gasteiger partial charge in [0, 0.05) is 18.8 Å². The third-order valence-corrected chi connectivity index (χ3v) is 5.90. The Morgan fingerprint density at radius 2 is 1.76 bits per heavy atom. The molecule has 0 atom stereocenters. The van der Waals surface area contributed by atoms with E-state index in [1.165, 1.54) is 0 Å². The SMILES string of the molecule is Cc1nn(-c2ccc(NCCNS(=O)(=O)c3ccc(F)c(F)c3)nn2)c(C)c1C. The van der Waals surface area contributed by atoms with Gasteiger partial charge in [-0.05, 0) is 56.7 Å². The van der Waals surface area contributed by atoms with Crippen LogP contribution in [0.5, 0.6) is 0 Å². The number of anilines is 1. The zero-order valence-electron chi connectivity index (χ0n) is 16.1. The topological polar surface area (TPSA) is 102 Å². The smallest absolute Gasteiger partial charge is 0.240 e. The van der Waals surface area contributed by atoms with Gasteiger partial charge in [-0.2, -0.15) is 5.10 Å². The fourth-order valence-corrected chi connectivity index (χ4v) is 3.62. The summed E-state index contributed by atoms with van der Waals surface area (Å²) < 4.78 is 54.4. The molecule has 0 aliphatic carbocycles. The maximum absolute atomic E-state index is 13.2. The summed E-state index contributed by atoms with van der Waals surface area (Å²) in [5, 5.41) is 15.5. The Morgan fingerprint density at radius 1 is 1.00 bits per heavy atom. The molecule has 8 nitrogen and oxygen atoms in total. The van der Waals surface area contributed by atoms with Gasteiger partial charge in [-0.1, -0.05) is 0 Å². The summed E-state index contributed by atoms with van der Waals surface area (Å²) in [6.45, 7) is 6.09. The molecule has 1 aromatic carbocycles. The van der Waals surface area contributed by atoms with Crippen molar-refractivity contribution in [2.75, 3.05) is 18.4 Å². The van der Waals surface area contributed by atoms with Crippen LogP contribution < -0.4 is 10.0 Å². The molecule has 11 heteroatoms. The number of nitrogens with zero attached hydrogens (tertiary/aromatic N) is 4. The highest BCUT2D eigenvalue weighted by atomic mass is 32.2. The average molecular weight is 422 g/mol. The molecular formula is C18H20F2N6O2S. The van der Waals surface area contributed by atoms with Crippen LogP contribution in [0.1, 0.15) is 17.0 Å². The largest absolute Gasteiger partial charge is 0.367 e. The second kappa shape index (κ2) is 8.21. The molecule has 2 N–H and O–H groups in total. The van der Waals surface area contributed by atoms with Crippen LogP contribution in [0, 0.1) is 32.4 Å². The Balaban J connectivity index is 1.56. The van der Waals surface area contributed by atoms with Crippen molar-refractivity contribution < 1.29 is 17.2 Å². The number of nitrogens with one attached hydrogen (secondary N) is 2. The predicted octanol–water partition coefficient (Wildman–Crippen LogP) is 2.26. The molecule has 0 fully saturated rings. The minimum Gasteiger partial charge on any atom is -0.367 e. The zero-order chi connectivity index (χ0) is 21.2. The van der Waals surface area contributed by atoms with Crippen molar-refractivity contribution in [3.63, 3.8) is 0 Å². The van der Waals surface area contributed by atoms with Gasteiger partial charge in [0.05, 0.1) is 10.6 Å². The highest BCUT2D eigenvalue weighted by Gasteiger charge is 2.16. The highest BCUT2D eigenvalue weighted by Crippen LogP contribution is 2.16. The lowest BCUT2D eigenvalue weighted by molar-refractivity contribution is 0.504. The van der Waals surface area contributed by atoms with Crippen LogP contribution in [-0.2, 0) is 10.0 Å². The Labute approximate surface area is 167 Å². The lowest BCUT2D eigenvalue weighted by Crippen LogP contribution is -2.29. The molecule has 0 aliphatic heterocycles. The van der Waals surface area contributed by atoms with Crippen LogP contribution in [-0.4, -0.2) is 41.5 Å². The Kier molecular flexibility index (Phi) is 5.89. The summed E-state index contributed by atoms with van der Waals surface area (Å²) >= 11 is 0. The summed E-state index contributed by atoms with van der Waals surface area (Å²) in [6.07, 6.45) is 0. The molecule has 0 radical (unpaired) electrons. The number of aromatic nitrogens is 4. The first-order valence-electron chi connectivity index (χ1n) is 8.74. The van der Waals surface area contributed by atoms with E-state index in [1.807, 2.05) is 20.8 Å². The monoisotopic (exact) mass is 422 g/mol. The molecule has 0 saturated heterocycles. The van der Waals surface area contributed by atoms with Crippen molar-refractivity contribution in [1.29, 1.82) is 0 Å². The second-order valence-corrected chi connectivity index (χ2v) is 8.15. The minimum atomic E-state index is -3.95. The molecule has 154 valence electrons. The van der Waals surface area contributed by atoms with Gasteiger partial charge in [-0.25, -0.2) is 26.6 Å². The van der Waals surface area contributed by atoms with Crippen LogP contribution in [0.2, 0.25) is 0 Å². The standard InChI is InChI=1S/C18H20F2N6O2S/c1-11-12(2)25-26(13(11)3)18-7-6-17(23-24-18)21-8-9-22-29(27,28)14-4-5-15(19)16(20)10-14/h4-7,10,22H,8-9H2,1-3H3,(H,21,23). The summed E-state index contributed by atoms with van der Waals surface area (Å²) in [4.78, 5) is -0.347. The Morgan fingerprint density at radius 3 is 2.34 bits per heavy atom. The Hall–Kier alpha value is -2.92. The number of hydrogen-bond donors (Lipinski definition) is 2. The van der Waals surface area contributed by atoms with E-state index in [0.29, 0.717) is 17.7 Å². The summed E-state index contributed by atoms with van der Waals surface area (Å²) in [6, 6.07) is 5.86. The number of benzene rings is 1. The number of rotatable bonds is 7. The lowest BCUT2D eigenvalue weighted by atomic mass is 10.2. The van der Waals surface area contributed by atoms with Crippen LogP contribution >= 0.6 is 0 Å². The van der Waals surface area contributed by atoms with Gasteiger partial charge in [-0.15, -0.1) is 10.2 Å². The quantitative estimate of drug-likeness (QED) is 0.567. The van der Waals surface area contributed by atoms with E-state index < -0.39 is 21.7 Å². The van der Waals surface area contributed by atoms with E-state index in [-0.39, 0.29) is 18.0 Å². The fraction of sp³-hybridized carbons (Fsp3) is 0.278. The van der Waals surface area contributed by atoms with Gasteiger partial charge < -0.3 is 5.32 Å². The van der Waals surface area contributed by atoms with Gasteiger partial charge in [0.1, 0.15) is 5.82 Å². The molecule has 0 spiro atoms. The van der Waals surface area contributed by atoms with Crippen molar-refractivity contribution in [2.24, 2.45) is 0 Å². The number of aryl methyl sites for hydroxylation is 1.